The number of hydrogen-bond acceptors (Lipinski definition) is 2. The van der Waals surface area contributed by atoms with E-state index in [9.17, 15) is 9.18 Å². The number of aryl methyl sites for hydroxylation is 1. The van der Waals surface area contributed by atoms with Crippen LogP contribution in [0, 0.1) is 12.7 Å². The van der Waals surface area contributed by atoms with Crippen LogP contribution in [-0.2, 0) is 0 Å². The average molecular weight is 294 g/mol. The first kappa shape index (κ1) is 14.3. The third kappa shape index (κ3) is 3.08. The van der Waals surface area contributed by atoms with Crippen LogP contribution in [0.1, 0.15) is 15.9 Å². The number of benzene rings is 2. The summed E-state index contributed by atoms with van der Waals surface area (Å²) < 4.78 is 18.8. The fraction of sp³-hybridized carbons (Fsp3) is 0.133. The van der Waals surface area contributed by atoms with E-state index >= 15 is 0 Å². The van der Waals surface area contributed by atoms with Gasteiger partial charge in [0.25, 0.3) is 5.91 Å². The Kier molecular flexibility index (Phi) is 4.25. The Balaban J connectivity index is 2.30. The van der Waals surface area contributed by atoms with Crippen molar-refractivity contribution in [2.75, 3.05) is 12.4 Å². The molecule has 0 spiro atoms. The van der Waals surface area contributed by atoms with Crippen LogP contribution in [0.25, 0.3) is 0 Å². The minimum Gasteiger partial charge on any atom is -0.495 e. The van der Waals surface area contributed by atoms with E-state index in [1.165, 1.54) is 19.2 Å². The van der Waals surface area contributed by atoms with E-state index in [0.717, 1.165) is 11.6 Å². The van der Waals surface area contributed by atoms with E-state index in [2.05, 4.69) is 5.32 Å². The maximum atomic E-state index is 13.6. The minimum atomic E-state index is -0.627. The van der Waals surface area contributed by atoms with Crippen molar-refractivity contribution in [2.24, 2.45) is 0 Å². The van der Waals surface area contributed by atoms with Crippen molar-refractivity contribution >= 4 is 23.2 Å². The molecule has 3 nitrogen and oxygen atoms in total. The van der Waals surface area contributed by atoms with Gasteiger partial charge in [-0.1, -0.05) is 17.7 Å². The van der Waals surface area contributed by atoms with Crippen molar-refractivity contribution in [3.05, 3.63) is 58.4 Å². The maximum absolute atomic E-state index is 13.6. The molecule has 0 unspecified atom stereocenters. The first-order valence-electron chi connectivity index (χ1n) is 5.92. The lowest BCUT2D eigenvalue weighted by atomic mass is 10.1. The van der Waals surface area contributed by atoms with E-state index in [1.54, 1.807) is 12.1 Å². The Morgan fingerprint density at radius 2 is 2.00 bits per heavy atom. The Labute approximate surface area is 121 Å². The number of methoxy groups -OCH3 is 1. The summed E-state index contributed by atoms with van der Waals surface area (Å²) in [6.07, 6.45) is 0. The van der Waals surface area contributed by atoms with Gasteiger partial charge in [-0.05, 0) is 42.8 Å². The Bertz CT molecular complexity index is 658. The molecule has 0 saturated heterocycles. The van der Waals surface area contributed by atoms with Crippen LogP contribution in [0.5, 0.6) is 5.75 Å². The fourth-order valence-corrected chi connectivity index (χ4v) is 1.93. The standard InChI is InChI=1S/C15H13ClFNO2/c1-9-3-6-13(14(7-9)20-2)18-15(19)11-8-10(16)4-5-12(11)17/h3-8H,1-2H3,(H,18,19). The summed E-state index contributed by atoms with van der Waals surface area (Å²) in [7, 11) is 1.50. The number of nitrogens with one attached hydrogen (secondary N) is 1. The second-order valence-electron chi connectivity index (χ2n) is 4.28. The monoisotopic (exact) mass is 293 g/mol. The molecule has 1 amide bonds. The molecule has 2 rings (SSSR count). The summed E-state index contributed by atoms with van der Waals surface area (Å²) in [6, 6.07) is 9.14. The molecule has 0 atom stereocenters. The molecule has 2 aromatic rings. The number of ether oxygens (including phenoxy) is 1. The first-order chi connectivity index (χ1) is 9.51. The number of hydrogen-bond donors (Lipinski definition) is 1. The van der Waals surface area contributed by atoms with Gasteiger partial charge in [0.1, 0.15) is 11.6 Å². The van der Waals surface area contributed by atoms with Crippen LogP contribution >= 0.6 is 11.6 Å². The largest absolute Gasteiger partial charge is 0.495 e. The van der Waals surface area contributed by atoms with Crippen molar-refractivity contribution in [3.8, 4) is 5.75 Å². The predicted molar refractivity (Wildman–Crippen MR) is 77.1 cm³/mol. The lowest BCUT2D eigenvalue weighted by Gasteiger charge is -2.11. The smallest absolute Gasteiger partial charge is 0.258 e. The van der Waals surface area contributed by atoms with E-state index in [1.807, 2.05) is 13.0 Å². The molecule has 0 aliphatic carbocycles. The summed E-state index contributed by atoms with van der Waals surface area (Å²) in [6.45, 7) is 1.91. The molecule has 0 aliphatic heterocycles. The zero-order valence-electron chi connectivity index (χ0n) is 11.0. The van der Waals surface area contributed by atoms with Crippen molar-refractivity contribution in [2.45, 2.75) is 6.92 Å². The fourth-order valence-electron chi connectivity index (χ4n) is 1.76. The van der Waals surface area contributed by atoms with Gasteiger partial charge < -0.3 is 10.1 Å². The van der Waals surface area contributed by atoms with Crippen LogP contribution in [0.3, 0.4) is 0 Å². The van der Waals surface area contributed by atoms with Gasteiger partial charge in [-0.2, -0.15) is 0 Å². The van der Waals surface area contributed by atoms with E-state index < -0.39 is 11.7 Å². The highest BCUT2D eigenvalue weighted by atomic mass is 35.5. The lowest BCUT2D eigenvalue weighted by molar-refractivity contribution is 0.102. The SMILES string of the molecule is COc1cc(C)ccc1NC(=O)c1cc(Cl)ccc1F. The molecule has 20 heavy (non-hydrogen) atoms. The highest BCUT2D eigenvalue weighted by molar-refractivity contribution is 6.31. The summed E-state index contributed by atoms with van der Waals surface area (Å²) in [5.74, 6) is -0.689. The van der Waals surface area contributed by atoms with Gasteiger partial charge >= 0.3 is 0 Å². The summed E-state index contributed by atoms with van der Waals surface area (Å²) >= 11 is 5.77. The molecule has 0 aliphatic rings. The second-order valence-corrected chi connectivity index (χ2v) is 4.72. The number of carbonyl (C=O) groups excluding carboxylic acids is 1. The third-order valence-corrected chi connectivity index (χ3v) is 3.01. The van der Waals surface area contributed by atoms with Gasteiger partial charge in [0.05, 0.1) is 18.4 Å². The molecule has 0 fully saturated rings. The molecule has 0 saturated carbocycles. The van der Waals surface area contributed by atoms with Crippen molar-refractivity contribution in [1.29, 1.82) is 0 Å². The molecule has 0 aromatic heterocycles. The molecule has 2 aromatic carbocycles. The molecule has 0 radical (unpaired) electrons. The van der Waals surface area contributed by atoms with Crippen LogP contribution in [0.4, 0.5) is 10.1 Å². The molecule has 0 bridgehead atoms. The van der Waals surface area contributed by atoms with Crippen LogP contribution in [-0.4, -0.2) is 13.0 Å². The predicted octanol–water partition coefficient (Wildman–Crippen LogP) is 4.05. The summed E-state index contributed by atoms with van der Waals surface area (Å²) in [5, 5.41) is 2.91. The number of halogens is 2. The third-order valence-electron chi connectivity index (χ3n) is 2.78. The van der Waals surface area contributed by atoms with Crippen molar-refractivity contribution < 1.29 is 13.9 Å². The topological polar surface area (TPSA) is 38.3 Å². The van der Waals surface area contributed by atoms with E-state index in [0.29, 0.717) is 16.5 Å². The Hall–Kier alpha value is -2.07. The molecular weight excluding hydrogens is 281 g/mol. The maximum Gasteiger partial charge on any atom is 0.258 e. The Morgan fingerprint density at radius 3 is 2.70 bits per heavy atom. The van der Waals surface area contributed by atoms with Gasteiger partial charge in [0.15, 0.2) is 0 Å². The quantitative estimate of drug-likeness (QED) is 0.927. The molecule has 1 N–H and O–H groups in total. The van der Waals surface area contributed by atoms with Gasteiger partial charge in [0.2, 0.25) is 0 Å². The molecule has 0 heterocycles. The van der Waals surface area contributed by atoms with Crippen molar-refractivity contribution in [1.82, 2.24) is 0 Å². The van der Waals surface area contributed by atoms with E-state index in [-0.39, 0.29) is 5.56 Å². The molecular formula is C15H13ClFNO2. The second kappa shape index (κ2) is 5.92. The Morgan fingerprint density at radius 1 is 1.25 bits per heavy atom. The van der Waals surface area contributed by atoms with Gasteiger partial charge in [-0.25, -0.2) is 4.39 Å². The van der Waals surface area contributed by atoms with Gasteiger partial charge in [-0.15, -0.1) is 0 Å². The number of rotatable bonds is 3. The summed E-state index contributed by atoms with van der Waals surface area (Å²) in [4.78, 5) is 12.1. The van der Waals surface area contributed by atoms with Gasteiger partial charge in [-0.3, -0.25) is 4.79 Å². The molecule has 5 heteroatoms. The number of anilines is 1. The summed E-state index contributed by atoms with van der Waals surface area (Å²) in [5.41, 5.74) is 1.36. The highest BCUT2D eigenvalue weighted by Crippen LogP contribution is 2.26. The van der Waals surface area contributed by atoms with Crippen LogP contribution < -0.4 is 10.1 Å². The highest BCUT2D eigenvalue weighted by Gasteiger charge is 2.14. The normalized spacial score (nSPS) is 10.2. The van der Waals surface area contributed by atoms with E-state index in [4.69, 9.17) is 16.3 Å². The number of amides is 1. The first-order valence-corrected chi connectivity index (χ1v) is 6.30. The van der Waals surface area contributed by atoms with Crippen LogP contribution in [0.2, 0.25) is 5.02 Å². The average Bonchev–Trinajstić information content (AvgIpc) is 2.43. The van der Waals surface area contributed by atoms with Gasteiger partial charge in [0, 0.05) is 5.02 Å². The van der Waals surface area contributed by atoms with Crippen LogP contribution in [0.15, 0.2) is 36.4 Å². The van der Waals surface area contributed by atoms with Crippen molar-refractivity contribution in [3.63, 3.8) is 0 Å². The number of carbonyl (C=O) groups is 1. The zero-order valence-corrected chi connectivity index (χ0v) is 11.8. The molecule has 104 valence electrons. The zero-order chi connectivity index (χ0) is 14.7. The lowest BCUT2D eigenvalue weighted by Crippen LogP contribution is -2.14. The minimum absolute atomic E-state index is 0.111.